The third-order valence-electron chi connectivity index (χ3n) is 8.61. The second-order valence-corrected chi connectivity index (χ2v) is 11.4. The summed E-state index contributed by atoms with van der Waals surface area (Å²) >= 11 is 0. The van der Waals surface area contributed by atoms with Crippen LogP contribution < -0.4 is 15.0 Å². The average Bonchev–Trinajstić information content (AvgIpc) is 3.06. The Balaban J connectivity index is 1.81. The third kappa shape index (κ3) is 6.43. The number of nitrogens with zero attached hydrogens (tertiary/aromatic N) is 2. The lowest BCUT2D eigenvalue weighted by Crippen LogP contribution is -2.39. The average molecular weight is 572 g/mol. The monoisotopic (exact) mass is 571 g/mol. The van der Waals surface area contributed by atoms with E-state index >= 15 is 0 Å². The molecule has 0 bridgehead atoms. The highest BCUT2D eigenvalue weighted by Crippen LogP contribution is 2.51. The van der Waals surface area contributed by atoms with E-state index in [0.29, 0.717) is 17.9 Å². The van der Waals surface area contributed by atoms with Crippen molar-refractivity contribution in [2.75, 3.05) is 11.5 Å². The van der Waals surface area contributed by atoms with Gasteiger partial charge < -0.3 is 10.1 Å². The molecule has 222 valence electrons. The molecule has 2 aromatic rings. The maximum atomic E-state index is 13.7. The molecule has 1 heterocycles. The second kappa shape index (κ2) is 12.6. The normalized spacial score (nSPS) is 19.5. The Bertz CT molecular complexity index is 1300. The first-order chi connectivity index (χ1) is 19.2. The van der Waals surface area contributed by atoms with E-state index in [1.165, 1.54) is 12.1 Å². The van der Waals surface area contributed by atoms with Crippen molar-refractivity contribution in [3.8, 4) is 11.8 Å². The van der Waals surface area contributed by atoms with Crippen molar-refractivity contribution in [2.45, 2.75) is 91.9 Å². The Morgan fingerprint density at radius 1 is 1.02 bits per heavy atom. The van der Waals surface area contributed by atoms with Gasteiger partial charge in [0.1, 0.15) is 5.75 Å². The number of anilines is 1. The predicted molar refractivity (Wildman–Crippen MR) is 152 cm³/mol. The molecule has 1 aliphatic heterocycles. The number of carbonyl (C=O) groups excluding carboxylic acids is 2. The molecule has 1 aliphatic rings. The molecule has 2 aromatic carbocycles. The number of ether oxygens (including phenoxy) is 1. The number of benzene rings is 2. The van der Waals surface area contributed by atoms with Crippen LogP contribution in [0.1, 0.15) is 96.4 Å². The summed E-state index contributed by atoms with van der Waals surface area (Å²) in [6.07, 6.45) is -0.571. The van der Waals surface area contributed by atoms with Crippen LogP contribution in [-0.2, 0) is 15.8 Å². The Kier molecular flexibility index (Phi) is 9.91. The first-order valence-electron chi connectivity index (χ1n) is 14.2. The Hall–Kier alpha value is -3.38. The van der Waals surface area contributed by atoms with Gasteiger partial charge in [-0.3, -0.25) is 9.59 Å². The molecule has 3 rings (SSSR count). The quantitative estimate of drug-likeness (QED) is 0.266. The molecule has 0 aliphatic carbocycles. The van der Waals surface area contributed by atoms with Gasteiger partial charge in [0.25, 0.3) is 0 Å². The van der Waals surface area contributed by atoms with Crippen LogP contribution in [0.15, 0.2) is 42.5 Å². The van der Waals surface area contributed by atoms with Crippen molar-refractivity contribution >= 4 is 17.5 Å². The van der Waals surface area contributed by atoms with Gasteiger partial charge >= 0.3 is 6.18 Å². The number of imide groups is 1. The van der Waals surface area contributed by atoms with Crippen molar-refractivity contribution in [2.24, 2.45) is 10.8 Å². The van der Waals surface area contributed by atoms with Crippen molar-refractivity contribution < 1.29 is 27.5 Å². The SMILES string of the molecule is CCCC(NC(CC)CC)c1cccc(OCCC2(C)C(=O)N(c3ccc(C#N)c(C(F)(F)F)c3)C(=O)C2(C)C)c1. The summed E-state index contributed by atoms with van der Waals surface area (Å²) < 4.78 is 46.8. The first-order valence-corrected chi connectivity index (χ1v) is 14.2. The first kappa shape index (κ1) is 32.1. The molecule has 0 spiro atoms. The zero-order chi connectivity index (χ0) is 30.6. The van der Waals surface area contributed by atoms with Crippen LogP contribution in [0.25, 0.3) is 0 Å². The van der Waals surface area contributed by atoms with E-state index in [0.717, 1.165) is 42.2 Å². The van der Waals surface area contributed by atoms with Gasteiger partial charge in [-0.2, -0.15) is 18.4 Å². The standard InChI is InChI=1S/C32H40F3N3O3/c1-7-11-27(37-23(8-2)9-3)21-12-10-13-25(18-21)41-17-16-31(6)29(40)38(28(39)30(31,4)5)24-15-14-22(20-36)26(19-24)32(33,34)35/h10,12-15,18-19,23,27,37H,7-9,11,16-17H2,1-6H3. The second-order valence-electron chi connectivity index (χ2n) is 11.4. The fraction of sp³-hybridized carbons (Fsp3) is 0.531. The van der Waals surface area contributed by atoms with Crippen LogP contribution in [0.2, 0.25) is 0 Å². The van der Waals surface area contributed by atoms with Crippen LogP contribution in [0, 0.1) is 22.2 Å². The van der Waals surface area contributed by atoms with Gasteiger partial charge in [-0.25, -0.2) is 4.90 Å². The van der Waals surface area contributed by atoms with Crippen LogP contribution in [-0.4, -0.2) is 24.5 Å². The fourth-order valence-electron chi connectivity index (χ4n) is 5.42. The molecule has 0 saturated carbocycles. The van der Waals surface area contributed by atoms with Crippen LogP contribution in [0.3, 0.4) is 0 Å². The highest BCUT2D eigenvalue weighted by atomic mass is 19.4. The Morgan fingerprint density at radius 2 is 1.71 bits per heavy atom. The summed E-state index contributed by atoms with van der Waals surface area (Å²) in [5.41, 5.74) is -3.28. The largest absolute Gasteiger partial charge is 0.494 e. The van der Waals surface area contributed by atoms with E-state index < -0.39 is 39.9 Å². The minimum Gasteiger partial charge on any atom is -0.494 e. The molecule has 1 N–H and O–H groups in total. The third-order valence-corrected chi connectivity index (χ3v) is 8.61. The van der Waals surface area contributed by atoms with Gasteiger partial charge in [0.15, 0.2) is 0 Å². The van der Waals surface area contributed by atoms with Gasteiger partial charge in [-0.05, 0) is 82.3 Å². The summed E-state index contributed by atoms with van der Waals surface area (Å²) in [6.45, 7) is 11.5. The minimum absolute atomic E-state index is 0.135. The van der Waals surface area contributed by atoms with E-state index in [1.54, 1.807) is 20.8 Å². The van der Waals surface area contributed by atoms with Crippen LogP contribution >= 0.6 is 0 Å². The predicted octanol–water partition coefficient (Wildman–Crippen LogP) is 7.57. The van der Waals surface area contributed by atoms with Crippen molar-refractivity contribution in [1.82, 2.24) is 5.32 Å². The molecule has 2 unspecified atom stereocenters. The number of hydrogen-bond donors (Lipinski definition) is 1. The summed E-state index contributed by atoms with van der Waals surface area (Å²) in [5, 5.41) is 12.9. The van der Waals surface area contributed by atoms with Crippen molar-refractivity contribution in [1.29, 1.82) is 5.26 Å². The number of nitrogens with one attached hydrogen (secondary N) is 1. The number of hydrogen-bond acceptors (Lipinski definition) is 5. The number of halogens is 3. The molecule has 0 radical (unpaired) electrons. The maximum absolute atomic E-state index is 13.7. The number of alkyl halides is 3. The zero-order valence-corrected chi connectivity index (χ0v) is 24.7. The molecule has 0 aromatic heterocycles. The number of carbonyl (C=O) groups is 2. The number of amides is 2. The van der Waals surface area contributed by atoms with E-state index in [1.807, 2.05) is 18.2 Å². The van der Waals surface area contributed by atoms with E-state index in [2.05, 4.69) is 32.2 Å². The van der Waals surface area contributed by atoms with Gasteiger partial charge in [0, 0.05) is 12.1 Å². The highest BCUT2D eigenvalue weighted by molar-refractivity contribution is 6.25. The lowest BCUT2D eigenvalue weighted by Gasteiger charge is -2.32. The molecule has 1 fully saturated rings. The van der Waals surface area contributed by atoms with Gasteiger partial charge in [-0.1, -0.05) is 39.3 Å². The van der Waals surface area contributed by atoms with E-state index in [4.69, 9.17) is 10.00 Å². The van der Waals surface area contributed by atoms with Gasteiger partial charge in [0.05, 0.1) is 40.3 Å². The molecule has 6 nitrogen and oxygen atoms in total. The minimum atomic E-state index is -4.81. The van der Waals surface area contributed by atoms with E-state index in [-0.39, 0.29) is 24.8 Å². The highest BCUT2D eigenvalue weighted by Gasteiger charge is 2.62. The maximum Gasteiger partial charge on any atom is 0.417 e. The molecular formula is C32H40F3N3O3. The molecule has 2 atom stereocenters. The lowest BCUT2D eigenvalue weighted by molar-refractivity contribution is -0.138. The fourth-order valence-corrected chi connectivity index (χ4v) is 5.42. The van der Waals surface area contributed by atoms with Gasteiger partial charge in [-0.15, -0.1) is 0 Å². The topological polar surface area (TPSA) is 82.4 Å². The Labute approximate surface area is 240 Å². The lowest BCUT2D eigenvalue weighted by atomic mass is 9.67. The molecular weight excluding hydrogens is 531 g/mol. The van der Waals surface area contributed by atoms with Crippen LogP contribution in [0.4, 0.5) is 18.9 Å². The zero-order valence-electron chi connectivity index (χ0n) is 24.7. The summed E-state index contributed by atoms with van der Waals surface area (Å²) in [6, 6.07) is 12.8. The van der Waals surface area contributed by atoms with Crippen molar-refractivity contribution in [3.63, 3.8) is 0 Å². The molecule has 41 heavy (non-hydrogen) atoms. The smallest absolute Gasteiger partial charge is 0.417 e. The van der Waals surface area contributed by atoms with Gasteiger partial charge in [0.2, 0.25) is 11.8 Å². The number of rotatable bonds is 12. The number of nitriles is 1. The van der Waals surface area contributed by atoms with Crippen molar-refractivity contribution in [3.05, 3.63) is 59.2 Å². The summed E-state index contributed by atoms with van der Waals surface area (Å²) in [7, 11) is 0. The van der Waals surface area contributed by atoms with E-state index in [9.17, 15) is 22.8 Å². The van der Waals surface area contributed by atoms with Crippen LogP contribution in [0.5, 0.6) is 5.75 Å². The molecule has 2 amide bonds. The molecule has 1 saturated heterocycles. The summed E-state index contributed by atoms with van der Waals surface area (Å²) in [4.78, 5) is 27.9. The molecule has 9 heteroatoms. The Morgan fingerprint density at radius 3 is 2.29 bits per heavy atom. The summed E-state index contributed by atoms with van der Waals surface area (Å²) in [5.74, 6) is -0.549.